The lowest BCUT2D eigenvalue weighted by Gasteiger charge is -2.31. The van der Waals surface area contributed by atoms with Gasteiger partial charge in [-0.25, -0.2) is 8.42 Å². The van der Waals surface area contributed by atoms with E-state index in [1.165, 1.54) is 23.5 Å². The number of methoxy groups -OCH3 is 1. The number of piperazine rings is 1. The van der Waals surface area contributed by atoms with E-state index < -0.39 is 10.0 Å². The third kappa shape index (κ3) is 2.87. The number of nitrogens with zero attached hydrogens (tertiary/aromatic N) is 2. The molecule has 0 aliphatic carbocycles. The zero-order valence-electron chi connectivity index (χ0n) is 10.7. The van der Waals surface area contributed by atoms with Crippen molar-refractivity contribution >= 4 is 16.4 Å². The van der Waals surface area contributed by atoms with Gasteiger partial charge in [-0.1, -0.05) is 0 Å². The van der Waals surface area contributed by atoms with E-state index in [1.54, 1.807) is 17.0 Å². The summed E-state index contributed by atoms with van der Waals surface area (Å²) >= 11 is 0. The Morgan fingerprint density at radius 1 is 1.11 bits per heavy atom. The normalized spacial score (nSPS) is 17.2. The van der Waals surface area contributed by atoms with Crippen LogP contribution in [0.2, 0.25) is 0 Å². The van der Waals surface area contributed by atoms with E-state index in [4.69, 9.17) is 4.74 Å². The molecule has 7 heteroatoms. The number of benzene rings is 1. The van der Waals surface area contributed by atoms with E-state index in [1.807, 2.05) is 0 Å². The lowest BCUT2D eigenvalue weighted by Crippen LogP contribution is -2.47. The van der Waals surface area contributed by atoms with Crippen LogP contribution < -0.4 is 4.74 Å². The summed E-state index contributed by atoms with van der Waals surface area (Å²) in [7, 11) is -1.95. The highest BCUT2D eigenvalue weighted by molar-refractivity contribution is 7.89. The molecule has 104 valence electrons. The molecule has 1 aliphatic rings. The van der Waals surface area contributed by atoms with Crippen LogP contribution in [0.15, 0.2) is 29.2 Å². The van der Waals surface area contributed by atoms with Gasteiger partial charge in [-0.3, -0.25) is 4.79 Å². The SMILES string of the molecule is COc1ccc(S(=O)(=O)N2CCN(C=O)CC2)cc1. The van der Waals surface area contributed by atoms with Crippen LogP contribution in [0.4, 0.5) is 0 Å². The van der Waals surface area contributed by atoms with Crippen LogP contribution in [0.1, 0.15) is 0 Å². The quantitative estimate of drug-likeness (QED) is 0.739. The van der Waals surface area contributed by atoms with Crippen LogP contribution >= 0.6 is 0 Å². The van der Waals surface area contributed by atoms with Crippen molar-refractivity contribution in [3.63, 3.8) is 0 Å². The number of hydrogen-bond donors (Lipinski definition) is 0. The molecule has 0 radical (unpaired) electrons. The number of sulfonamides is 1. The van der Waals surface area contributed by atoms with E-state index >= 15 is 0 Å². The minimum absolute atomic E-state index is 0.243. The van der Waals surface area contributed by atoms with E-state index in [2.05, 4.69) is 0 Å². The van der Waals surface area contributed by atoms with Gasteiger partial charge in [-0.05, 0) is 24.3 Å². The van der Waals surface area contributed by atoms with Crippen molar-refractivity contribution in [1.82, 2.24) is 9.21 Å². The topological polar surface area (TPSA) is 66.9 Å². The van der Waals surface area contributed by atoms with Gasteiger partial charge in [0.05, 0.1) is 12.0 Å². The molecule has 0 unspecified atom stereocenters. The van der Waals surface area contributed by atoms with Gasteiger partial charge < -0.3 is 9.64 Å². The van der Waals surface area contributed by atoms with Crippen molar-refractivity contribution in [3.05, 3.63) is 24.3 Å². The number of carbonyl (C=O) groups is 1. The molecule has 0 saturated carbocycles. The number of rotatable bonds is 4. The molecule has 19 heavy (non-hydrogen) atoms. The van der Waals surface area contributed by atoms with Crippen LogP contribution in [0, 0.1) is 0 Å². The zero-order chi connectivity index (χ0) is 13.9. The molecule has 1 amide bonds. The Morgan fingerprint density at radius 3 is 2.16 bits per heavy atom. The van der Waals surface area contributed by atoms with Crippen molar-refractivity contribution in [2.24, 2.45) is 0 Å². The molecular weight excluding hydrogens is 268 g/mol. The van der Waals surface area contributed by atoms with Gasteiger partial charge in [0.25, 0.3) is 0 Å². The van der Waals surface area contributed by atoms with Gasteiger partial charge >= 0.3 is 0 Å². The second-order valence-electron chi connectivity index (χ2n) is 4.22. The molecule has 0 spiro atoms. The number of amides is 1. The lowest BCUT2D eigenvalue weighted by atomic mass is 10.3. The van der Waals surface area contributed by atoms with Crippen LogP contribution in [0.3, 0.4) is 0 Å². The van der Waals surface area contributed by atoms with Crippen molar-refractivity contribution in [2.75, 3.05) is 33.3 Å². The molecule has 0 aromatic heterocycles. The highest BCUT2D eigenvalue weighted by Gasteiger charge is 2.27. The molecule has 1 aliphatic heterocycles. The predicted molar refractivity (Wildman–Crippen MR) is 69.4 cm³/mol. The Balaban J connectivity index is 2.15. The number of ether oxygens (including phenoxy) is 1. The Bertz CT molecular complexity index is 533. The third-order valence-electron chi connectivity index (χ3n) is 3.12. The first-order valence-corrected chi connectivity index (χ1v) is 7.35. The van der Waals surface area contributed by atoms with Crippen molar-refractivity contribution in [3.8, 4) is 5.75 Å². The molecule has 1 saturated heterocycles. The Labute approximate surface area is 112 Å². The van der Waals surface area contributed by atoms with E-state index in [0.717, 1.165) is 6.41 Å². The van der Waals surface area contributed by atoms with Crippen LogP contribution in [0.25, 0.3) is 0 Å². The van der Waals surface area contributed by atoms with Crippen molar-refractivity contribution in [1.29, 1.82) is 0 Å². The smallest absolute Gasteiger partial charge is 0.243 e. The van der Waals surface area contributed by atoms with Crippen LogP contribution in [-0.2, 0) is 14.8 Å². The summed E-state index contributed by atoms with van der Waals surface area (Å²) in [6, 6.07) is 6.30. The maximum Gasteiger partial charge on any atom is 0.243 e. The fraction of sp³-hybridized carbons (Fsp3) is 0.417. The Hall–Kier alpha value is -1.60. The summed E-state index contributed by atoms with van der Waals surface area (Å²) < 4.78 is 31.1. The van der Waals surface area contributed by atoms with Crippen molar-refractivity contribution in [2.45, 2.75) is 4.90 Å². The molecule has 1 aromatic rings. The first kappa shape index (κ1) is 13.8. The fourth-order valence-electron chi connectivity index (χ4n) is 1.95. The maximum absolute atomic E-state index is 12.4. The molecular formula is C12H16N2O4S. The predicted octanol–water partition coefficient (Wildman–Crippen LogP) is 0.158. The van der Waals surface area contributed by atoms with E-state index in [0.29, 0.717) is 31.9 Å². The summed E-state index contributed by atoms with van der Waals surface area (Å²) in [4.78, 5) is 12.4. The van der Waals surface area contributed by atoms with Gasteiger partial charge in [-0.2, -0.15) is 4.31 Å². The zero-order valence-corrected chi connectivity index (χ0v) is 11.5. The molecule has 1 fully saturated rings. The first-order chi connectivity index (χ1) is 9.07. The monoisotopic (exact) mass is 284 g/mol. The van der Waals surface area contributed by atoms with Crippen LogP contribution in [-0.4, -0.2) is 57.3 Å². The standard InChI is InChI=1S/C12H16N2O4S/c1-18-11-2-4-12(5-3-11)19(16,17)14-8-6-13(10-15)7-9-14/h2-5,10H,6-9H2,1H3. The van der Waals surface area contributed by atoms with Gasteiger partial charge in [0.2, 0.25) is 16.4 Å². The average molecular weight is 284 g/mol. The van der Waals surface area contributed by atoms with Crippen LogP contribution in [0.5, 0.6) is 5.75 Å². The number of carbonyl (C=O) groups excluding carboxylic acids is 1. The third-order valence-corrected chi connectivity index (χ3v) is 5.03. The molecule has 0 N–H and O–H groups in total. The van der Waals surface area contributed by atoms with Gasteiger partial charge in [-0.15, -0.1) is 0 Å². The molecule has 6 nitrogen and oxygen atoms in total. The Morgan fingerprint density at radius 2 is 1.68 bits per heavy atom. The fourth-order valence-corrected chi connectivity index (χ4v) is 3.37. The molecule has 1 aromatic carbocycles. The summed E-state index contributed by atoms with van der Waals surface area (Å²) in [6.45, 7) is 1.51. The molecule has 1 heterocycles. The lowest BCUT2D eigenvalue weighted by molar-refractivity contribution is -0.119. The minimum atomic E-state index is -3.48. The second-order valence-corrected chi connectivity index (χ2v) is 6.16. The van der Waals surface area contributed by atoms with Gasteiger partial charge in [0.1, 0.15) is 5.75 Å². The average Bonchev–Trinajstić information content (AvgIpc) is 2.47. The van der Waals surface area contributed by atoms with Gasteiger partial charge in [0, 0.05) is 26.2 Å². The summed E-state index contributed by atoms with van der Waals surface area (Å²) in [5.41, 5.74) is 0. The van der Waals surface area contributed by atoms with E-state index in [-0.39, 0.29) is 4.90 Å². The van der Waals surface area contributed by atoms with Crippen molar-refractivity contribution < 1.29 is 17.9 Å². The van der Waals surface area contributed by atoms with E-state index in [9.17, 15) is 13.2 Å². The summed E-state index contributed by atoms with van der Waals surface area (Å²) in [6.07, 6.45) is 0.747. The highest BCUT2D eigenvalue weighted by Crippen LogP contribution is 2.20. The summed E-state index contributed by atoms with van der Waals surface area (Å²) in [5, 5.41) is 0. The second kappa shape index (κ2) is 5.58. The highest BCUT2D eigenvalue weighted by atomic mass is 32.2. The largest absolute Gasteiger partial charge is 0.497 e. The summed E-state index contributed by atoms with van der Waals surface area (Å²) in [5.74, 6) is 0.615. The molecule has 0 bridgehead atoms. The maximum atomic E-state index is 12.4. The Kier molecular flexibility index (Phi) is 4.06. The molecule has 2 rings (SSSR count). The molecule has 0 atom stereocenters. The minimum Gasteiger partial charge on any atom is -0.497 e. The first-order valence-electron chi connectivity index (χ1n) is 5.91. The number of hydrogen-bond acceptors (Lipinski definition) is 4. The van der Waals surface area contributed by atoms with Gasteiger partial charge in [0.15, 0.2) is 0 Å².